The molecule has 0 aliphatic heterocycles. The fraction of sp³-hybridized carbons (Fsp3) is 0.643. The summed E-state index contributed by atoms with van der Waals surface area (Å²) < 4.78 is 2.33. The number of hydrogen-bond donors (Lipinski definition) is 0. The number of rotatable bonds is 6. The summed E-state index contributed by atoms with van der Waals surface area (Å²) in [6, 6.07) is 4.30. The molecule has 1 nitrogen and oxygen atoms in total. The Morgan fingerprint density at radius 3 is 2.73 bits per heavy atom. The molecule has 1 heterocycles. The molecule has 0 spiro atoms. The van der Waals surface area contributed by atoms with Crippen LogP contribution in [0.1, 0.15) is 45.1 Å². The molecule has 0 aromatic carbocycles. The minimum Gasteiger partial charge on any atom is -0.205 e. The van der Waals surface area contributed by atoms with Crippen molar-refractivity contribution in [1.29, 1.82) is 0 Å². The predicted molar refractivity (Wildman–Crippen MR) is 64.7 cm³/mol. The summed E-state index contributed by atoms with van der Waals surface area (Å²) in [4.78, 5) is 0. The third kappa shape index (κ3) is 4.46. The Balaban J connectivity index is 2.50. The molecule has 1 aromatic heterocycles. The molecule has 0 bridgehead atoms. The first kappa shape index (κ1) is 12.2. The first-order valence-corrected chi connectivity index (χ1v) is 6.22. The van der Waals surface area contributed by atoms with E-state index in [1.165, 1.54) is 37.8 Å². The summed E-state index contributed by atoms with van der Waals surface area (Å²) in [5.41, 5.74) is 1.35. The Labute approximate surface area is 94.1 Å². The number of aryl methyl sites for hydroxylation is 1. The summed E-state index contributed by atoms with van der Waals surface area (Å²) in [7, 11) is 0. The number of nitrogens with zero attached hydrogens (tertiary/aromatic N) is 1. The molecule has 0 aliphatic carbocycles. The second-order valence-corrected chi connectivity index (χ2v) is 4.49. The molecular weight excluding hydrogens is 182 g/mol. The maximum atomic E-state index is 2.33. The molecule has 0 N–H and O–H groups in total. The average Bonchev–Trinajstić information content (AvgIpc) is 2.24. The molecule has 0 fully saturated rings. The van der Waals surface area contributed by atoms with Crippen LogP contribution < -0.4 is 4.57 Å². The normalized spacial score (nSPS) is 12.7. The lowest BCUT2D eigenvalue weighted by Gasteiger charge is -2.10. The molecule has 1 heteroatoms. The summed E-state index contributed by atoms with van der Waals surface area (Å²) in [6.07, 6.45) is 9.77. The molecule has 0 amide bonds. The van der Waals surface area contributed by atoms with E-state index in [-0.39, 0.29) is 0 Å². The topological polar surface area (TPSA) is 3.88 Å². The number of unbranched alkanes of at least 4 members (excludes halogenated alkanes) is 1. The van der Waals surface area contributed by atoms with Crippen LogP contribution in [-0.2, 0) is 6.54 Å². The van der Waals surface area contributed by atoms with Crippen molar-refractivity contribution in [3.05, 3.63) is 30.1 Å². The van der Waals surface area contributed by atoms with Gasteiger partial charge < -0.3 is 0 Å². The highest BCUT2D eigenvalue weighted by Crippen LogP contribution is 2.12. The zero-order chi connectivity index (χ0) is 11.1. The number of pyridine rings is 1. The lowest BCUT2D eigenvalue weighted by Crippen LogP contribution is -2.37. The predicted octanol–water partition coefficient (Wildman–Crippen LogP) is 3.50. The van der Waals surface area contributed by atoms with Crippen molar-refractivity contribution in [3.63, 3.8) is 0 Å². The second kappa shape index (κ2) is 6.60. The zero-order valence-electron chi connectivity index (χ0n) is 10.4. The molecule has 0 saturated carbocycles. The molecule has 0 aliphatic rings. The van der Waals surface area contributed by atoms with Crippen LogP contribution >= 0.6 is 0 Å². The summed E-state index contributed by atoms with van der Waals surface area (Å²) >= 11 is 0. The monoisotopic (exact) mass is 206 g/mol. The maximum Gasteiger partial charge on any atom is 0.171 e. The molecule has 1 rings (SSSR count). The summed E-state index contributed by atoms with van der Waals surface area (Å²) in [5.74, 6) is 0.844. The zero-order valence-corrected chi connectivity index (χ0v) is 10.4. The standard InChI is InChI=1S/C14H24N/c1-4-6-9-14(5-2)12-15-10-7-8-13(3)11-15/h7-8,10-11,14H,4-6,9,12H2,1-3H3/q+1. The van der Waals surface area contributed by atoms with Crippen LogP contribution in [0.2, 0.25) is 0 Å². The van der Waals surface area contributed by atoms with Gasteiger partial charge >= 0.3 is 0 Å². The van der Waals surface area contributed by atoms with Gasteiger partial charge in [-0.2, -0.15) is 0 Å². The third-order valence-corrected chi connectivity index (χ3v) is 3.02. The van der Waals surface area contributed by atoms with Gasteiger partial charge in [0.1, 0.15) is 0 Å². The van der Waals surface area contributed by atoms with Crippen LogP contribution in [-0.4, -0.2) is 0 Å². The first-order chi connectivity index (χ1) is 7.26. The van der Waals surface area contributed by atoms with Crippen molar-refractivity contribution in [1.82, 2.24) is 0 Å². The van der Waals surface area contributed by atoms with Crippen molar-refractivity contribution >= 4 is 0 Å². The van der Waals surface area contributed by atoms with Gasteiger partial charge in [0, 0.05) is 17.5 Å². The lowest BCUT2D eigenvalue weighted by atomic mass is 9.99. The molecular formula is C14H24N+. The van der Waals surface area contributed by atoms with Gasteiger partial charge in [-0.25, -0.2) is 4.57 Å². The fourth-order valence-corrected chi connectivity index (χ4v) is 1.98. The van der Waals surface area contributed by atoms with Crippen LogP contribution in [0.5, 0.6) is 0 Å². The summed E-state index contributed by atoms with van der Waals surface area (Å²) in [5, 5.41) is 0. The first-order valence-electron chi connectivity index (χ1n) is 6.22. The Bertz CT molecular complexity index is 280. The molecule has 84 valence electrons. The Hall–Kier alpha value is -0.850. The molecule has 1 atom stereocenters. The lowest BCUT2D eigenvalue weighted by molar-refractivity contribution is -0.703. The highest BCUT2D eigenvalue weighted by molar-refractivity contribution is 5.01. The fourth-order valence-electron chi connectivity index (χ4n) is 1.98. The highest BCUT2D eigenvalue weighted by Gasteiger charge is 2.11. The average molecular weight is 206 g/mol. The van der Waals surface area contributed by atoms with Gasteiger partial charge in [0.2, 0.25) is 0 Å². The van der Waals surface area contributed by atoms with E-state index in [2.05, 4.69) is 49.9 Å². The minimum absolute atomic E-state index is 0.844. The third-order valence-electron chi connectivity index (χ3n) is 3.02. The van der Waals surface area contributed by atoms with Crippen LogP contribution in [0, 0.1) is 12.8 Å². The van der Waals surface area contributed by atoms with Crippen LogP contribution in [0.25, 0.3) is 0 Å². The smallest absolute Gasteiger partial charge is 0.171 e. The highest BCUT2D eigenvalue weighted by atomic mass is 14.9. The Morgan fingerprint density at radius 2 is 2.13 bits per heavy atom. The molecule has 0 saturated heterocycles. The van der Waals surface area contributed by atoms with Crippen molar-refractivity contribution in [2.75, 3.05) is 0 Å². The minimum atomic E-state index is 0.844. The van der Waals surface area contributed by atoms with Crippen molar-refractivity contribution in [2.24, 2.45) is 5.92 Å². The van der Waals surface area contributed by atoms with Crippen LogP contribution in [0.3, 0.4) is 0 Å². The second-order valence-electron chi connectivity index (χ2n) is 4.49. The van der Waals surface area contributed by atoms with Gasteiger partial charge in [0.05, 0.1) is 0 Å². The largest absolute Gasteiger partial charge is 0.205 e. The summed E-state index contributed by atoms with van der Waals surface area (Å²) in [6.45, 7) is 7.91. The van der Waals surface area contributed by atoms with Gasteiger partial charge in [0.15, 0.2) is 18.9 Å². The van der Waals surface area contributed by atoms with Gasteiger partial charge in [-0.05, 0) is 25.8 Å². The quantitative estimate of drug-likeness (QED) is 0.627. The van der Waals surface area contributed by atoms with E-state index in [4.69, 9.17) is 0 Å². The van der Waals surface area contributed by atoms with E-state index in [9.17, 15) is 0 Å². The van der Waals surface area contributed by atoms with E-state index >= 15 is 0 Å². The van der Waals surface area contributed by atoms with Gasteiger partial charge in [-0.1, -0.05) is 26.7 Å². The van der Waals surface area contributed by atoms with E-state index in [0.717, 1.165) is 5.92 Å². The van der Waals surface area contributed by atoms with E-state index in [1.54, 1.807) is 0 Å². The maximum absolute atomic E-state index is 2.33. The van der Waals surface area contributed by atoms with Crippen LogP contribution in [0.4, 0.5) is 0 Å². The Morgan fingerprint density at radius 1 is 1.33 bits per heavy atom. The molecule has 1 aromatic rings. The van der Waals surface area contributed by atoms with Crippen molar-refractivity contribution in [3.8, 4) is 0 Å². The SMILES string of the molecule is CCCCC(CC)C[n+]1cccc(C)c1. The van der Waals surface area contributed by atoms with E-state index < -0.39 is 0 Å². The number of aromatic nitrogens is 1. The molecule has 15 heavy (non-hydrogen) atoms. The van der Waals surface area contributed by atoms with Gasteiger partial charge in [0.25, 0.3) is 0 Å². The number of hydrogen-bond acceptors (Lipinski definition) is 0. The van der Waals surface area contributed by atoms with Gasteiger partial charge in [-0.15, -0.1) is 0 Å². The Kier molecular flexibility index (Phi) is 5.38. The molecule has 0 radical (unpaired) electrons. The van der Waals surface area contributed by atoms with Crippen LogP contribution in [0.15, 0.2) is 24.5 Å². The van der Waals surface area contributed by atoms with Gasteiger partial charge in [-0.3, -0.25) is 0 Å². The van der Waals surface area contributed by atoms with Crippen molar-refractivity contribution < 1.29 is 4.57 Å². The molecule has 1 unspecified atom stereocenters. The van der Waals surface area contributed by atoms with E-state index in [0.29, 0.717) is 0 Å². The van der Waals surface area contributed by atoms with E-state index in [1.807, 2.05) is 0 Å². The van der Waals surface area contributed by atoms with Crippen molar-refractivity contribution in [2.45, 2.75) is 53.0 Å².